The van der Waals surface area contributed by atoms with Gasteiger partial charge >= 0.3 is 10.3 Å². The number of benzene rings is 1. The molecule has 5 heteroatoms. The fourth-order valence-electron chi connectivity index (χ4n) is 1.26. The monoisotopic (exact) mass is 197 g/mol. The van der Waals surface area contributed by atoms with Gasteiger partial charge in [0.05, 0.1) is 5.52 Å². The van der Waals surface area contributed by atoms with Gasteiger partial charge < -0.3 is 0 Å². The van der Waals surface area contributed by atoms with Crippen LogP contribution in [0, 0.1) is 0 Å². The Hall–Kier alpha value is -1.33. The maximum Gasteiger partial charge on any atom is 0.363 e. The number of hydrogen-bond acceptors (Lipinski definition) is 2. The molecule has 1 N–H and O–H groups in total. The molecule has 2 aromatic rings. The number of rotatable bonds is 1. The average molecular weight is 197 g/mol. The summed E-state index contributed by atoms with van der Waals surface area (Å²) >= 11 is 0. The Bertz CT molecular complexity index is 541. The van der Waals surface area contributed by atoms with E-state index in [0.717, 1.165) is 9.36 Å². The first-order valence-corrected chi connectivity index (χ1v) is 5.03. The van der Waals surface area contributed by atoms with E-state index in [-0.39, 0.29) is 0 Å². The number of fused-ring (bicyclic) bond motifs is 1. The molecule has 68 valence electrons. The third-order valence-corrected chi connectivity index (χ3v) is 2.63. The second-order valence-corrected chi connectivity index (χ2v) is 3.94. The summed E-state index contributed by atoms with van der Waals surface area (Å²) in [4.78, 5) is 0. The molecule has 13 heavy (non-hydrogen) atoms. The van der Waals surface area contributed by atoms with Crippen LogP contribution in [0.5, 0.6) is 0 Å². The summed E-state index contributed by atoms with van der Waals surface area (Å²) in [5, 5.41) is 0.778. The van der Waals surface area contributed by atoms with Crippen molar-refractivity contribution < 1.29 is 13.0 Å². The lowest BCUT2D eigenvalue weighted by Crippen LogP contribution is -2.08. The maximum absolute atomic E-state index is 10.8. The molecular weight excluding hydrogens is 190 g/mol. The van der Waals surface area contributed by atoms with Crippen molar-refractivity contribution in [2.24, 2.45) is 0 Å². The fourth-order valence-corrected chi connectivity index (χ4v) is 1.89. The second-order valence-electron chi connectivity index (χ2n) is 2.65. The van der Waals surface area contributed by atoms with Gasteiger partial charge in [0.25, 0.3) is 0 Å². The van der Waals surface area contributed by atoms with Crippen LogP contribution in [-0.2, 0) is 10.3 Å². The standard InChI is InChI=1S/C8H7NO3S/c10-13(11,12)9-6-5-7-3-1-2-4-8(7)9/h1-6H,(H,10,11,12). The predicted octanol–water partition coefficient (Wildman–Crippen LogP) is 1.29. The number of aromatic nitrogens is 1. The van der Waals surface area contributed by atoms with Gasteiger partial charge in [-0.25, -0.2) is 3.97 Å². The van der Waals surface area contributed by atoms with E-state index in [1.165, 1.54) is 6.20 Å². The van der Waals surface area contributed by atoms with E-state index >= 15 is 0 Å². The van der Waals surface area contributed by atoms with Crippen LogP contribution in [0.15, 0.2) is 36.5 Å². The minimum Gasteiger partial charge on any atom is -0.269 e. The van der Waals surface area contributed by atoms with Crippen molar-refractivity contribution in [2.75, 3.05) is 0 Å². The molecule has 0 amide bonds. The largest absolute Gasteiger partial charge is 0.363 e. The first-order valence-electron chi connectivity index (χ1n) is 3.63. The molecule has 0 aliphatic heterocycles. The molecule has 0 radical (unpaired) electrons. The zero-order valence-corrected chi connectivity index (χ0v) is 7.40. The Morgan fingerprint density at radius 2 is 1.85 bits per heavy atom. The molecule has 1 aromatic heterocycles. The first-order chi connectivity index (χ1) is 6.09. The summed E-state index contributed by atoms with van der Waals surface area (Å²) in [5.41, 5.74) is 0.477. The third kappa shape index (κ3) is 1.32. The van der Waals surface area contributed by atoms with Gasteiger partial charge in [-0.1, -0.05) is 18.2 Å². The van der Waals surface area contributed by atoms with Crippen LogP contribution in [0.4, 0.5) is 0 Å². The Morgan fingerprint density at radius 3 is 2.54 bits per heavy atom. The molecule has 1 aromatic carbocycles. The Balaban J connectivity index is 2.87. The van der Waals surface area contributed by atoms with E-state index in [1.807, 2.05) is 0 Å². The summed E-state index contributed by atoms with van der Waals surface area (Å²) in [6.07, 6.45) is 1.32. The highest BCUT2D eigenvalue weighted by molar-refractivity contribution is 7.84. The maximum atomic E-state index is 10.8. The van der Waals surface area contributed by atoms with Gasteiger partial charge in [0.15, 0.2) is 0 Å². The summed E-state index contributed by atoms with van der Waals surface area (Å²) in [6, 6.07) is 8.55. The Kier molecular flexibility index (Phi) is 1.64. The molecule has 2 rings (SSSR count). The number of hydrogen-bond donors (Lipinski definition) is 1. The molecule has 0 saturated carbocycles. The van der Waals surface area contributed by atoms with Crippen molar-refractivity contribution >= 4 is 21.2 Å². The average Bonchev–Trinajstić information content (AvgIpc) is 2.45. The predicted molar refractivity (Wildman–Crippen MR) is 48.9 cm³/mol. The normalized spacial score (nSPS) is 12.1. The zero-order chi connectivity index (χ0) is 9.47. The van der Waals surface area contributed by atoms with E-state index < -0.39 is 10.3 Å². The zero-order valence-electron chi connectivity index (χ0n) is 6.58. The molecule has 0 bridgehead atoms. The molecule has 0 saturated heterocycles. The van der Waals surface area contributed by atoms with Crippen molar-refractivity contribution in [3.05, 3.63) is 36.5 Å². The summed E-state index contributed by atoms with van der Waals surface area (Å²) in [6.45, 7) is 0. The lowest BCUT2D eigenvalue weighted by atomic mass is 10.3. The molecule has 1 heterocycles. The van der Waals surface area contributed by atoms with E-state index in [4.69, 9.17) is 4.55 Å². The molecule has 4 nitrogen and oxygen atoms in total. The first kappa shape index (κ1) is 8.28. The van der Waals surface area contributed by atoms with Gasteiger partial charge in [0, 0.05) is 11.6 Å². The molecule has 0 fully saturated rings. The highest BCUT2D eigenvalue weighted by Gasteiger charge is 2.09. The molecule has 0 aliphatic carbocycles. The molecule has 0 spiro atoms. The highest BCUT2D eigenvalue weighted by Crippen LogP contribution is 2.16. The van der Waals surface area contributed by atoms with Crippen LogP contribution < -0.4 is 0 Å². The van der Waals surface area contributed by atoms with E-state index in [2.05, 4.69) is 0 Å². The number of nitrogens with zero attached hydrogens (tertiary/aromatic N) is 1. The topological polar surface area (TPSA) is 59.3 Å². The van der Waals surface area contributed by atoms with Crippen molar-refractivity contribution in [3.8, 4) is 0 Å². The van der Waals surface area contributed by atoms with Crippen LogP contribution in [-0.4, -0.2) is 16.9 Å². The number of para-hydroxylation sites is 1. The second kappa shape index (κ2) is 2.58. The van der Waals surface area contributed by atoms with Crippen molar-refractivity contribution in [1.29, 1.82) is 0 Å². The van der Waals surface area contributed by atoms with Crippen molar-refractivity contribution in [1.82, 2.24) is 3.97 Å². The van der Waals surface area contributed by atoms with Gasteiger partial charge in [-0.05, 0) is 12.1 Å². The quantitative estimate of drug-likeness (QED) is 0.701. The Labute approximate surface area is 75.3 Å². The van der Waals surface area contributed by atoms with Gasteiger partial charge in [-0.15, -0.1) is 0 Å². The Morgan fingerprint density at radius 1 is 1.15 bits per heavy atom. The molecule has 0 aliphatic rings. The minimum absolute atomic E-state index is 0.477. The minimum atomic E-state index is -4.17. The lowest BCUT2D eigenvalue weighted by molar-refractivity contribution is 0.474. The van der Waals surface area contributed by atoms with Crippen molar-refractivity contribution in [2.45, 2.75) is 0 Å². The van der Waals surface area contributed by atoms with Crippen LogP contribution in [0.25, 0.3) is 10.9 Å². The van der Waals surface area contributed by atoms with Crippen LogP contribution >= 0.6 is 0 Å². The summed E-state index contributed by atoms with van der Waals surface area (Å²) in [5.74, 6) is 0. The molecule has 0 atom stereocenters. The van der Waals surface area contributed by atoms with Gasteiger partial charge in [-0.3, -0.25) is 4.55 Å². The molecular formula is C8H7NO3S. The van der Waals surface area contributed by atoms with Crippen LogP contribution in [0.3, 0.4) is 0 Å². The lowest BCUT2D eigenvalue weighted by Gasteiger charge is -1.98. The smallest absolute Gasteiger partial charge is 0.269 e. The summed E-state index contributed by atoms with van der Waals surface area (Å²) in [7, 11) is -4.17. The van der Waals surface area contributed by atoms with Gasteiger partial charge in [0.1, 0.15) is 0 Å². The van der Waals surface area contributed by atoms with Gasteiger partial charge in [-0.2, -0.15) is 8.42 Å². The van der Waals surface area contributed by atoms with E-state index in [0.29, 0.717) is 5.52 Å². The SMILES string of the molecule is O=S(=O)(O)n1ccc2ccccc21. The highest BCUT2D eigenvalue weighted by atomic mass is 32.2. The van der Waals surface area contributed by atoms with Crippen LogP contribution in [0.2, 0.25) is 0 Å². The summed E-state index contributed by atoms with van der Waals surface area (Å²) < 4.78 is 31.3. The molecule has 0 unspecified atom stereocenters. The van der Waals surface area contributed by atoms with E-state index in [9.17, 15) is 8.42 Å². The van der Waals surface area contributed by atoms with Crippen LogP contribution in [0.1, 0.15) is 0 Å². The van der Waals surface area contributed by atoms with Crippen molar-refractivity contribution in [3.63, 3.8) is 0 Å². The fraction of sp³-hybridized carbons (Fsp3) is 0. The van der Waals surface area contributed by atoms with Gasteiger partial charge in [0.2, 0.25) is 0 Å². The third-order valence-electron chi connectivity index (χ3n) is 1.81. The van der Waals surface area contributed by atoms with E-state index in [1.54, 1.807) is 30.3 Å².